The van der Waals surface area contributed by atoms with Crippen LogP contribution in [0.4, 0.5) is 5.95 Å². The summed E-state index contributed by atoms with van der Waals surface area (Å²) in [5.74, 6) is 1.34. The number of fused-ring (bicyclic) bond motifs is 1. The van der Waals surface area contributed by atoms with Gasteiger partial charge in [-0.15, -0.1) is 0 Å². The Bertz CT molecular complexity index is 1130. The van der Waals surface area contributed by atoms with Crippen molar-refractivity contribution in [3.05, 3.63) is 65.6 Å². The Labute approximate surface area is 168 Å². The average Bonchev–Trinajstić information content (AvgIpc) is 3.09. The summed E-state index contributed by atoms with van der Waals surface area (Å²) in [5, 5.41) is 6.61. The Kier molecular flexibility index (Phi) is 3.97. The van der Waals surface area contributed by atoms with Crippen LogP contribution < -0.4 is 10.6 Å². The number of hydrogen-bond donors (Lipinski definition) is 3. The quantitative estimate of drug-likeness (QED) is 0.624. The van der Waals surface area contributed by atoms with Crippen molar-refractivity contribution < 1.29 is 4.79 Å². The monoisotopic (exact) mass is 386 g/mol. The number of aromatic nitrogens is 3. The highest BCUT2D eigenvalue weighted by atomic mass is 16.1. The molecule has 5 rings (SSSR count). The number of rotatable bonds is 2. The number of anilines is 1. The topological polar surface area (TPSA) is 95.1 Å². The molecule has 3 heterocycles. The number of Topliss-reactive ketones (excluding diaryl/α,β-unsaturated/α-hetero) is 1. The Hall–Kier alpha value is -3.48. The third kappa shape index (κ3) is 3.29. The van der Waals surface area contributed by atoms with Gasteiger partial charge in [-0.25, -0.2) is 9.98 Å². The summed E-state index contributed by atoms with van der Waals surface area (Å²) >= 11 is 0. The number of aromatic amines is 1. The second-order valence-corrected chi connectivity index (χ2v) is 8.35. The van der Waals surface area contributed by atoms with Gasteiger partial charge in [-0.3, -0.25) is 15.1 Å². The van der Waals surface area contributed by atoms with Gasteiger partial charge in [0.15, 0.2) is 5.78 Å². The molecule has 2 aliphatic rings. The van der Waals surface area contributed by atoms with Crippen LogP contribution in [0.5, 0.6) is 0 Å². The molecule has 0 spiro atoms. The Balaban J connectivity index is 1.54. The van der Waals surface area contributed by atoms with Crippen LogP contribution in [-0.2, 0) is 4.79 Å². The lowest BCUT2D eigenvalue weighted by Crippen LogP contribution is -2.42. The van der Waals surface area contributed by atoms with Crippen molar-refractivity contribution in [1.82, 2.24) is 20.3 Å². The molecule has 29 heavy (non-hydrogen) atoms. The zero-order chi connectivity index (χ0) is 20.0. The molecule has 1 atom stereocenters. The predicted molar refractivity (Wildman–Crippen MR) is 112 cm³/mol. The van der Waals surface area contributed by atoms with Gasteiger partial charge in [0.1, 0.15) is 6.04 Å². The van der Waals surface area contributed by atoms with E-state index in [0.29, 0.717) is 18.3 Å². The molecule has 146 valence electrons. The van der Waals surface area contributed by atoms with Crippen molar-refractivity contribution in [2.24, 2.45) is 10.4 Å². The molecule has 0 saturated heterocycles. The molecule has 1 aromatic carbocycles. The van der Waals surface area contributed by atoms with Crippen LogP contribution in [0.25, 0.3) is 11.0 Å². The lowest BCUT2D eigenvalue weighted by Gasteiger charge is -2.37. The molecule has 2 aromatic heterocycles. The second kappa shape index (κ2) is 6.55. The number of benzene rings is 1. The number of nitrogens with zero attached hydrogens (tertiary/aromatic N) is 3. The predicted octanol–water partition coefficient (Wildman–Crippen LogP) is 3.71. The molecule has 0 amide bonds. The zero-order valence-electron chi connectivity index (χ0n) is 16.4. The molecule has 0 saturated carbocycles. The van der Waals surface area contributed by atoms with Crippen LogP contribution in [0.15, 0.2) is 65.1 Å². The minimum absolute atomic E-state index is 0.0898. The number of guanidine groups is 1. The highest BCUT2D eigenvalue weighted by Crippen LogP contribution is 2.42. The Morgan fingerprint density at radius 1 is 1.10 bits per heavy atom. The molecule has 3 aromatic rings. The minimum atomic E-state index is -0.357. The maximum Gasteiger partial charge on any atom is 0.208 e. The molecule has 0 fully saturated rings. The van der Waals surface area contributed by atoms with E-state index in [1.165, 1.54) is 0 Å². The summed E-state index contributed by atoms with van der Waals surface area (Å²) in [7, 11) is 0. The van der Waals surface area contributed by atoms with Crippen LogP contribution in [-0.4, -0.2) is 26.7 Å². The first-order chi connectivity index (χ1) is 14.0. The van der Waals surface area contributed by atoms with E-state index in [9.17, 15) is 4.79 Å². The number of H-pyrrole nitrogens is 1. The van der Waals surface area contributed by atoms with E-state index < -0.39 is 0 Å². The van der Waals surface area contributed by atoms with Gasteiger partial charge in [-0.1, -0.05) is 26.0 Å². The van der Waals surface area contributed by atoms with Crippen molar-refractivity contribution in [3.8, 4) is 0 Å². The van der Waals surface area contributed by atoms with E-state index in [-0.39, 0.29) is 17.2 Å². The highest BCUT2D eigenvalue weighted by Gasteiger charge is 2.39. The number of para-hydroxylation sites is 2. The third-order valence-corrected chi connectivity index (χ3v) is 5.37. The number of pyridine rings is 1. The molecule has 1 unspecified atom stereocenters. The Morgan fingerprint density at radius 2 is 1.90 bits per heavy atom. The summed E-state index contributed by atoms with van der Waals surface area (Å²) in [4.78, 5) is 29.7. The summed E-state index contributed by atoms with van der Waals surface area (Å²) in [5.41, 5.74) is 4.38. The lowest BCUT2D eigenvalue weighted by molar-refractivity contribution is -0.118. The molecular formula is C22H22N6O. The second-order valence-electron chi connectivity index (χ2n) is 8.35. The number of allylic oxidation sites excluding steroid dienone is 1. The van der Waals surface area contributed by atoms with Crippen molar-refractivity contribution in [2.45, 2.75) is 32.7 Å². The van der Waals surface area contributed by atoms with Crippen LogP contribution in [0.2, 0.25) is 0 Å². The maximum absolute atomic E-state index is 13.0. The normalized spacial score (nSPS) is 20.8. The fourth-order valence-electron chi connectivity index (χ4n) is 4.11. The smallest absolute Gasteiger partial charge is 0.208 e. The van der Waals surface area contributed by atoms with Gasteiger partial charge in [-0.2, -0.15) is 0 Å². The van der Waals surface area contributed by atoms with E-state index in [0.717, 1.165) is 34.3 Å². The van der Waals surface area contributed by atoms with Gasteiger partial charge in [0, 0.05) is 30.1 Å². The van der Waals surface area contributed by atoms with Crippen molar-refractivity contribution in [3.63, 3.8) is 0 Å². The number of imidazole rings is 1. The van der Waals surface area contributed by atoms with Crippen LogP contribution >= 0.6 is 0 Å². The number of carbonyl (C=O) groups excluding carboxylic acids is 1. The van der Waals surface area contributed by atoms with Gasteiger partial charge in [0.25, 0.3) is 0 Å². The summed E-state index contributed by atoms with van der Waals surface area (Å²) in [6, 6.07) is 11.3. The molecule has 1 aliphatic heterocycles. The van der Waals surface area contributed by atoms with Crippen molar-refractivity contribution in [1.29, 1.82) is 0 Å². The molecule has 7 nitrogen and oxygen atoms in total. The number of aliphatic imine (C=N–C) groups is 1. The minimum Gasteiger partial charge on any atom is -0.329 e. The van der Waals surface area contributed by atoms with Gasteiger partial charge >= 0.3 is 0 Å². The van der Waals surface area contributed by atoms with E-state index in [1.54, 1.807) is 12.4 Å². The third-order valence-electron chi connectivity index (χ3n) is 5.37. The van der Waals surface area contributed by atoms with Gasteiger partial charge in [0.2, 0.25) is 11.9 Å². The maximum atomic E-state index is 13.0. The van der Waals surface area contributed by atoms with E-state index >= 15 is 0 Å². The van der Waals surface area contributed by atoms with Crippen molar-refractivity contribution in [2.75, 3.05) is 5.32 Å². The largest absolute Gasteiger partial charge is 0.329 e. The van der Waals surface area contributed by atoms with Crippen LogP contribution in [0.1, 0.15) is 38.3 Å². The fourth-order valence-corrected chi connectivity index (χ4v) is 4.11. The van der Waals surface area contributed by atoms with Crippen molar-refractivity contribution >= 4 is 28.7 Å². The highest BCUT2D eigenvalue weighted by molar-refractivity contribution is 6.03. The molecule has 7 heteroatoms. The zero-order valence-corrected chi connectivity index (χ0v) is 16.4. The SMILES string of the molecule is CC1(C)CC(=O)C2=C(C1)NC(Nc1nc3ccccc3[nH]1)=NC2c1ccncc1. The van der Waals surface area contributed by atoms with E-state index in [1.807, 2.05) is 36.4 Å². The molecule has 0 bridgehead atoms. The summed E-state index contributed by atoms with van der Waals surface area (Å²) in [6.07, 6.45) is 4.78. The van der Waals surface area contributed by atoms with E-state index in [2.05, 4.69) is 39.4 Å². The molecule has 0 radical (unpaired) electrons. The van der Waals surface area contributed by atoms with Gasteiger partial charge < -0.3 is 10.3 Å². The first kappa shape index (κ1) is 17.6. The first-order valence-corrected chi connectivity index (χ1v) is 9.71. The first-order valence-electron chi connectivity index (χ1n) is 9.71. The van der Waals surface area contributed by atoms with Crippen LogP contribution in [0.3, 0.4) is 0 Å². The standard InChI is InChI=1S/C22H22N6O/c1-22(2)11-16-18(17(29)12-22)19(13-7-9-23-10-8-13)27-21(26-16)28-20-24-14-5-3-4-6-15(14)25-20/h3-10,19H,11-12H2,1-2H3,(H3,24,25,26,27,28). The number of nitrogens with one attached hydrogen (secondary N) is 3. The summed E-state index contributed by atoms with van der Waals surface area (Å²) in [6.45, 7) is 4.24. The Morgan fingerprint density at radius 3 is 2.69 bits per heavy atom. The molecule has 3 N–H and O–H groups in total. The number of carbonyl (C=O) groups is 1. The lowest BCUT2D eigenvalue weighted by atomic mass is 9.73. The van der Waals surface area contributed by atoms with Gasteiger partial charge in [-0.05, 0) is 41.7 Å². The fraction of sp³-hybridized carbons (Fsp3) is 0.273. The number of ketones is 1. The van der Waals surface area contributed by atoms with E-state index in [4.69, 9.17) is 4.99 Å². The van der Waals surface area contributed by atoms with Gasteiger partial charge in [0.05, 0.1) is 11.0 Å². The number of hydrogen-bond acceptors (Lipinski definition) is 6. The molecular weight excluding hydrogens is 364 g/mol. The average molecular weight is 386 g/mol. The summed E-state index contributed by atoms with van der Waals surface area (Å²) < 4.78 is 0. The van der Waals surface area contributed by atoms with Crippen LogP contribution in [0, 0.1) is 5.41 Å². The molecule has 1 aliphatic carbocycles.